The van der Waals surface area contributed by atoms with E-state index in [1.54, 1.807) is 0 Å². The van der Waals surface area contributed by atoms with Crippen LogP contribution in [0.15, 0.2) is 12.1 Å². The number of pyridine rings is 1. The first-order valence-corrected chi connectivity index (χ1v) is 6.62. The summed E-state index contributed by atoms with van der Waals surface area (Å²) >= 11 is 0. The van der Waals surface area contributed by atoms with Gasteiger partial charge in [0, 0.05) is 19.6 Å². The summed E-state index contributed by atoms with van der Waals surface area (Å²) < 4.78 is 11.9. The molecule has 1 aromatic rings. The minimum atomic E-state index is -0.557. The largest absolute Gasteiger partial charge is 0.497 e. The smallest absolute Gasteiger partial charge is 0.399 e. The van der Waals surface area contributed by atoms with E-state index in [9.17, 15) is 5.26 Å². The minimum absolute atomic E-state index is 0.342. The quantitative estimate of drug-likeness (QED) is 0.760. The van der Waals surface area contributed by atoms with Crippen molar-refractivity contribution in [3.8, 4) is 6.07 Å². The maximum absolute atomic E-state index is 9.30. The summed E-state index contributed by atoms with van der Waals surface area (Å²) in [6, 6.07) is 5.84. The summed E-state index contributed by atoms with van der Waals surface area (Å²) in [6.07, 6.45) is 0. The molecular weight excluding hydrogens is 253 g/mol. The molecule has 0 aromatic carbocycles. The average Bonchev–Trinajstić information content (AvgIpc) is 2.57. The minimum Gasteiger partial charge on any atom is -0.399 e. The fourth-order valence-electron chi connectivity index (χ4n) is 1.96. The zero-order chi connectivity index (χ0) is 15.1. The van der Waals surface area contributed by atoms with Gasteiger partial charge in [0.1, 0.15) is 17.6 Å². The maximum Gasteiger partial charge on any atom is 0.497 e. The third-order valence-electron chi connectivity index (χ3n) is 3.98. The molecule has 106 valence electrons. The van der Waals surface area contributed by atoms with E-state index in [0.29, 0.717) is 11.2 Å². The Hall–Kier alpha value is -1.58. The van der Waals surface area contributed by atoms with Gasteiger partial charge < -0.3 is 14.2 Å². The van der Waals surface area contributed by atoms with Crippen molar-refractivity contribution in [2.45, 2.75) is 38.9 Å². The molecular formula is C14H20BN3O2. The molecule has 1 aliphatic rings. The van der Waals surface area contributed by atoms with Crippen LogP contribution in [-0.4, -0.2) is 37.4 Å². The normalized spacial score (nSPS) is 19.8. The molecule has 0 N–H and O–H groups in total. The number of nitrogens with zero attached hydrogens (tertiary/aromatic N) is 3. The van der Waals surface area contributed by atoms with Crippen molar-refractivity contribution in [3.63, 3.8) is 0 Å². The Kier molecular flexibility index (Phi) is 3.53. The number of nitriles is 1. The Balaban J connectivity index is 2.38. The van der Waals surface area contributed by atoms with E-state index in [4.69, 9.17) is 9.31 Å². The average molecular weight is 273 g/mol. The van der Waals surface area contributed by atoms with Crippen LogP contribution in [0.2, 0.25) is 0 Å². The van der Waals surface area contributed by atoms with Gasteiger partial charge in [0.2, 0.25) is 0 Å². The number of rotatable bonds is 2. The molecule has 1 fully saturated rings. The molecule has 0 bridgehead atoms. The van der Waals surface area contributed by atoms with E-state index in [1.165, 1.54) is 0 Å². The predicted octanol–water partition coefficient (Wildman–Crippen LogP) is 1.32. The van der Waals surface area contributed by atoms with Gasteiger partial charge in [-0.2, -0.15) is 5.26 Å². The van der Waals surface area contributed by atoms with Crippen molar-refractivity contribution in [2.24, 2.45) is 0 Å². The van der Waals surface area contributed by atoms with Crippen LogP contribution in [-0.2, 0) is 9.31 Å². The number of hydrogen-bond acceptors (Lipinski definition) is 5. The fraction of sp³-hybridized carbons (Fsp3) is 0.571. The van der Waals surface area contributed by atoms with E-state index in [1.807, 2.05) is 58.8 Å². The van der Waals surface area contributed by atoms with E-state index < -0.39 is 18.3 Å². The van der Waals surface area contributed by atoms with Crippen LogP contribution in [0.5, 0.6) is 0 Å². The number of aromatic nitrogens is 1. The van der Waals surface area contributed by atoms with Gasteiger partial charge in [-0.25, -0.2) is 4.98 Å². The molecule has 1 saturated heterocycles. The van der Waals surface area contributed by atoms with E-state index in [0.717, 1.165) is 5.82 Å². The Morgan fingerprint density at radius 2 is 1.70 bits per heavy atom. The summed E-state index contributed by atoms with van der Waals surface area (Å²) in [5.41, 5.74) is 0.168. The number of hydrogen-bond donors (Lipinski definition) is 0. The lowest BCUT2D eigenvalue weighted by atomic mass is 9.78. The van der Waals surface area contributed by atoms with Crippen LogP contribution in [0, 0.1) is 11.3 Å². The Bertz CT molecular complexity index is 548. The maximum atomic E-state index is 9.30. The highest BCUT2D eigenvalue weighted by atomic mass is 16.7. The molecule has 0 radical (unpaired) electrons. The highest BCUT2D eigenvalue weighted by Crippen LogP contribution is 2.36. The van der Waals surface area contributed by atoms with Gasteiger partial charge in [0.05, 0.1) is 11.2 Å². The standard InChI is InChI=1S/C14H20BN3O2/c1-13(2)14(3,4)20-15(19-13)10-7-8-12(18(5)6)17-11(10)9-16/h7-8H,1-6H3. The van der Waals surface area contributed by atoms with Gasteiger partial charge in [-0.15, -0.1) is 0 Å². The van der Waals surface area contributed by atoms with Crippen LogP contribution in [0.1, 0.15) is 33.4 Å². The van der Waals surface area contributed by atoms with Crippen LogP contribution < -0.4 is 10.4 Å². The molecule has 0 saturated carbocycles. The summed E-state index contributed by atoms with van der Waals surface area (Å²) in [5, 5.41) is 9.30. The van der Waals surface area contributed by atoms with Crippen LogP contribution >= 0.6 is 0 Å². The van der Waals surface area contributed by atoms with Crippen LogP contribution in [0.25, 0.3) is 0 Å². The summed E-state index contributed by atoms with van der Waals surface area (Å²) in [4.78, 5) is 6.19. The molecule has 2 heterocycles. The van der Waals surface area contributed by atoms with E-state index >= 15 is 0 Å². The topological polar surface area (TPSA) is 58.4 Å². The van der Waals surface area contributed by atoms with Gasteiger partial charge in [-0.1, -0.05) is 6.07 Å². The second-order valence-electron chi connectivity index (χ2n) is 6.20. The molecule has 0 spiro atoms. The third-order valence-corrected chi connectivity index (χ3v) is 3.98. The lowest BCUT2D eigenvalue weighted by Crippen LogP contribution is -2.41. The lowest BCUT2D eigenvalue weighted by Gasteiger charge is -2.32. The molecule has 20 heavy (non-hydrogen) atoms. The van der Waals surface area contributed by atoms with Crippen molar-refractivity contribution in [1.29, 1.82) is 5.26 Å². The zero-order valence-electron chi connectivity index (χ0n) is 12.9. The van der Waals surface area contributed by atoms with Gasteiger partial charge in [-0.05, 0) is 33.8 Å². The van der Waals surface area contributed by atoms with Crippen molar-refractivity contribution in [1.82, 2.24) is 4.98 Å². The first-order chi connectivity index (χ1) is 9.18. The summed E-state index contributed by atoms with van der Waals surface area (Å²) in [6.45, 7) is 7.95. The van der Waals surface area contributed by atoms with Gasteiger partial charge >= 0.3 is 7.12 Å². The van der Waals surface area contributed by atoms with Gasteiger partial charge in [-0.3, -0.25) is 0 Å². The first kappa shape index (κ1) is 14.8. The molecule has 0 unspecified atom stereocenters. The van der Waals surface area contributed by atoms with Crippen molar-refractivity contribution >= 4 is 18.4 Å². The molecule has 2 rings (SSSR count). The SMILES string of the molecule is CN(C)c1ccc(B2OC(C)(C)C(C)(C)O2)c(C#N)n1. The fourth-order valence-corrected chi connectivity index (χ4v) is 1.96. The Labute approximate surface area is 120 Å². The van der Waals surface area contributed by atoms with Crippen molar-refractivity contribution in [2.75, 3.05) is 19.0 Å². The van der Waals surface area contributed by atoms with Crippen molar-refractivity contribution < 1.29 is 9.31 Å². The van der Waals surface area contributed by atoms with Crippen molar-refractivity contribution in [3.05, 3.63) is 17.8 Å². The molecule has 5 nitrogen and oxygen atoms in total. The summed E-state index contributed by atoms with van der Waals surface area (Å²) in [7, 11) is 3.22. The molecule has 0 aliphatic carbocycles. The zero-order valence-corrected chi connectivity index (χ0v) is 12.9. The molecule has 1 aromatic heterocycles. The molecule has 0 atom stereocenters. The monoisotopic (exact) mass is 273 g/mol. The first-order valence-electron chi connectivity index (χ1n) is 6.62. The van der Waals surface area contributed by atoms with E-state index in [-0.39, 0.29) is 0 Å². The Morgan fingerprint density at radius 1 is 1.15 bits per heavy atom. The molecule has 0 amide bonds. The van der Waals surface area contributed by atoms with Crippen LogP contribution in [0.4, 0.5) is 5.82 Å². The highest BCUT2D eigenvalue weighted by molar-refractivity contribution is 6.62. The molecule has 1 aliphatic heterocycles. The van der Waals surface area contributed by atoms with Gasteiger partial charge in [0.15, 0.2) is 0 Å². The predicted molar refractivity (Wildman–Crippen MR) is 79.0 cm³/mol. The lowest BCUT2D eigenvalue weighted by molar-refractivity contribution is 0.00578. The second kappa shape index (κ2) is 4.76. The molecule has 6 heteroatoms. The Morgan fingerprint density at radius 3 is 2.15 bits per heavy atom. The second-order valence-corrected chi connectivity index (χ2v) is 6.20. The number of anilines is 1. The van der Waals surface area contributed by atoms with Crippen LogP contribution in [0.3, 0.4) is 0 Å². The summed E-state index contributed by atoms with van der Waals surface area (Å²) in [5.74, 6) is 0.738. The van der Waals surface area contributed by atoms with E-state index in [2.05, 4.69) is 11.1 Å². The van der Waals surface area contributed by atoms with Gasteiger partial charge in [0.25, 0.3) is 0 Å². The highest BCUT2D eigenvalue weighted by Gasteiger charge is 2.52. The third kappa shape index (κ3) is 2.39.